The fourth-order valence-corrected chi connectivity index (χ4v) is 3.32. The van der Waals surface area contributed by atoms with Crippen molar-refractivity contribution >= 4 is 26.0 Å². The summed E-state index contributed by atoms with van der Waals surface area (Å²) < 4.78 is 24.3. The molecule has 6 heteroatoms. The van der Waals surface area contributed by atoms with Gasteiger partial charge in [-0.2, -0.15) is 4.31 Å². The van der Waals surface area contributed by atoms with Crippen LogP contribution >= 0.6 is 15.9 Å². The Balaban J connectivity index is 2.66. The molecule has 0 aromatic rings. The average molecular weight is 272 g/mol. The van der Waals surface area contributed by atoms with Crippen molar-refractivity contribution in [1.82, 2.24) is 4.31 Å². The van der Waals surface area contributed by atoms with E-state index in [0.29, 0.717) is 0 Å². The molecule has 0 aromatic carbocycles. The first-order valence-corrected chi connectivity index (χ1v) is 7.01. The van der Waals surface area contributed by atoms with Gasteiger partial charge in [-0.3, -0.25) is 0 Å². The Morgan fingerprint density at radius 2 is 2.08 bits per heavy atom. The second-order valence-corrected chi connectivity index (χ2v) is 6.36. The smallest absolute Gasteiger partial charge is 0.224 e. The van der Waals surface area contributed by atoms with Crippen molar-refractivity contribution < 1.29 is 13.5 Å². The molecule has 1 rings (SSSR count). The highest BCUT2D eigenvalue weighted by Gasteiger charge is 2.32. The van der Waals surface area contributed by atoms with Crippen molar-refractivity contribution in [3.63, 3.8) is 0 Å². The fourth-order valence-electron chi connectivity index (χ4n) is 1.38. The Morgan fingerprint density at radius 3 is 2.38 bits per heavy atom. The van der Waals surface area contributed by atoms with Gasteiger partial charge in [0.1, 0.15) is 4.66 Å². The maximum atomic E-state index is 11.5. The van der Waals surface area contributed by atoms with Crippen LogP contribution in [0, 0.1) is 0 Å². The number of aliphatic hydroxyl groups excluding tert-OH is 1. The van der Waals surface area contributed by atoms with E-state index in [1.165, 1.54) is 4.31 Å². The first-order chi connectivity index (χ1) is 6.11. The van der Waals surface area contributed by atoms with Crippen molar-refractivity contribution in [3.05, 3.63) is 0 Å². The molecule has 1 N–H and O–H groups in total. The molecule has 0 amide bonds. The van der Waals surface area contributed by atoms with Crippen molar-refractivity contribution in [2.75, 3.05) is 17.8 Å². The maximum absolute atomic E-state index is 11.5. The molecule has 1 saturated carbocycles. The van der Waals surface area contributed by atoms with E-state index >= 15 is 0 Å². The SMILES string of the molecule is O=S(=O)(CBr)N(CCO)C1CCC1. The zero-order valence-electron chi connectivity index (χ0n) is 7.32. The number of halogens is 1. The van der Waals surface area contributed by atoms with Crippen LogP contribution in [0.3, 0.4) is 0 Å². The lowest BCUT2D eigenvalue weighted by molar-refractivity contribution is 0.179. The predicted octanol–water partition coefficient (Wildman–Crippen LogP) is 0.515. The lowest BCUT2D eigenvalue weighted by atomic mass is 9.93. The number of sulfonamides is 1. The Bertz CT molecular complexity index is 250. The zero-order valence-corrected chi connectivity index (χ0v) is 9.72. The topological polar surface area (TPSA) is 57.6 Å². The molecule has 0 atom stereocenters. The number of rotatable bonds is 5. The standard InChI is InChI=1S/C7H14BrNO3S/c8-6-13(11,12)9(4-5-10)7-2-1-3-7/h7,10H,1-6H2. The quantitative estimate of drug-likeness (QED) is 0.742. The Kier molecular flexibility index (Phi) is 4.15. The molecule has 0 aromatic heterocycles. The van der Waals surface area contributed by atoms with Gasteiger partial charge in [0, 0.05) is 12.6 Å². The molecule has 1 aliphatic carbocycles. The van der Waals surface area contributed by atoms with Gasteiger partial charge in [0.2, 0.25) is 10.0 Å². The van der Waals surface area contributed by atoms with Crippen LogP contribution in [0.15, 0.2) is 0 Å². The molecule has 0 spiro atoms. The molecule has 1 fully saturated rings. The van der Waals surface area contributed by atoms with Crippen molar-refractivity contribution in [2.45, 2.75) is 25.3 Å². The van der Waals surface area contributed by atoms with Crippen LogP contribution in [0.1, 0.15) is 19.3 Å². The summed E-state index contributed by atoms with van der Waals surface area (Å²) in [6.45, 7) is 0.112. The predicted molar refractivity (Wildman–Crippen MR) is 54.1 cm³/mol. The van der Waals surface area contributed by atoms with Crippen LogP contribution in [0.2, 0.25) is 0 Å². The third kappa shape index (κ3) is 2.65. The van der Waals surface area contributed by atoms with Crippen LogP contribution in [0.5, 0.6) is 0 Å². The van der Waals surface area contributed by atoms with Crippen LogP contribution in [-0.4, -0.2) is 41.7 Å². The van der Waals surface area contributed by atoms with Crippen LogP contribution in [-0.2, 0) is 10.0 Å². The Morgan fingerprint density at radius 1 is 1.46 bits per heavy atom. The zero-order chi connectivity index (χ0) is 9.90. The summed E-state index contributed by atoms with van der Waals surface area (Å²) in [5.41, 5.74) is 0. The molecule has 0 heterocycles. The van der Waals surface area contributed by atoms with E-state index in [1.54, 1.807) is 0 Å². The van der Waals surface area contributed by atoms with E-state index in [0.717, 1.165) is 19.3 Å². The first kappa shape index (κ1) is 11.4. The van der Waals surface area contributed by atoms with Crippen LogP contribution in [0.4, 0.5) is 0 Å². The van der Waals surface area contributed by atoms with E-state index in [4.69, 9.17) is 5.11 Å². The monoisotopic (exact) mass is 271 g/mol. The molecule has 0 aliphatic heterocycles. The lowest BCUT2D eigenvalue weighted by Gasteiger charge is -2.35. The van der Waals surface area contributed by atoms with Gasteiger partial charge in [-0.25, -0.2) is 8.42 Å². The first-order valence-electron chi connectivity index (χ1n) is 4.28. The summed E-state index contributed by atoms with van der Waals surface area (Å²) in [5.74, 6) is 0. The Hall–Kier alpha value is 0.350. The minimum Gasteiger partial charge on any atom is -0.395 e. The summed E-state index contributed by atoms with van der Waals surface area (Å²) in [7, 11) is -3.19. The van der Waals surface area contributed by atoms with Crippen molar-refractivity contribution in [3.8, 4) is 0 Å². The summed E-state index contributed by atoms with van der Waals surface area (Å²) in [5, 5.41) is 8.74. The number of hydrogen-bond acceptors (Lipinski definition) is 3. The van der Waals surface area contributed by atoms with Crippen molar-refractivity contribution in [1.29, 1.82) is 0 Å². The number of alkyl halides is 1. The van der Waals surface area contributed by atoms with E-state index in [2.05, 4.69) is 15.9 Å². The van der Waals surface area contributed by atoms with Crippen LogP contribution in [0.25, 0.3) is 0 Å². The highest BCUT2D eigenvalue weighted by molar-refractivity contribution is 9.10. The minimum atomic E-state index is -3.19. The number of aliphatic hydroxyl groups is 1. The van der Waals surface area contributed by atoms with Gasteiger partial charge in [-0.15, -0.1) is 0 Å². The average Bonchev–Trinajstić information content (AvgIpc) is 2.00. The largest absolute Gasteiger partial charge is 0.395 e. The van der Waals surface area contributed by atoms with Gasteiger partial charge in [0.05, 0.1) is 6.61 Å². The van der Waals surface area contributed by atoms with Crippen molar-refractivity contribution in [2.24, 2.45) is 0 Å². The van der Waals surface area contributed by atoms with E-state index < -0.39 is 10.0 Å². The van der Waals surface area contributed by atoms with Gasteiger partial charge < -0.3 is 5.11 Å². The third-order valence-electron chi connectivity index (χ3n) is 2.30. The van der Waals surface area contributed by atoms with Gasteiger partial charge in [0.25, 0.3) is 0 Å². The fraction of sp³-hybridized carbons (Fsp3) is 1.00. The van der Waals surface area contributed by atoms with Gasteiger partial charge in [-0.05, 0) is 12.8 Å². The molecule has 13 heavy (non-hydrogen) atoms. The summed E-state index contributed by atoms with van der Waals surface area (Å²) in [6.07, 6.45) is 2.93. The molecule has 1 aliphatic rings. The molecule has 0 unspecified atom stereocenters. The number of hydrogen-bond donors (Lipinski definition) is 1. The lowest BCUT2D eigenvalue weighted by Crippen LogP contribution is -2.45. The molecule has 0 radical (unpaired) electrons. The number of nitrogens with zero attached hydrogens (tertiary/aromatic N) is 1. The normalized spacial score (nSPS) is 19.0. The van der Waals surface area contributed by atoms with Gasteiger partial charge in [-0.1, -0.05) is 22.4 Å². The molecular formula is C7H14BrNO3S. The van der Waals surface area contributed by atoms with E-state index in [1.807, 2.05) is 0 Å². The minimum absolute atomic E-state index is 0.0590. The highest BCUT2D eigenvalue weighted by Crippen LogP contribution is 2.27. The molecule has 78 valence electrons. The molecule has 0 bridgehead atoms. The van der Waals surface area contributed by atoms with Gasteiger partial charge >= 0.3 is 0 Å². The van der Waals surface area contributed by atoms with E-state index in [9.17, 15) is 8.42 Å². The maximum Gasteiger partial charge on any atom is 0.224 e. The highest BCUT2D eigenvalue weighted by atomic mass is 79.9. The third-order valence-corrected chi connectivity index (χ3v) is 5.50. The second kappa shape index (κ2) is 4.72. The Labute approximate surface area is 87.1 Å². The van der Waals surface area contributed by atoms with Crippen LogP contribution < -0.4 is 0 Å². The van der Waals surface area contributed by atoms with Gasteiger partial charge in [0.15, 0.2) is 0 Å². The molecule has 0 saturated heterocycles. The molecule has 4 nitrogen and oxygen atoms in total. The second-order valence-electron chi connectivity index (χ2n) is 3.14. The molecular weight excluding hydrogens is 258 g/mol. The summed E-state index contributed by atoms with van der Waals surface area (Å²) in [4.78, 5) is 0. The van der Waals surface area contributed by atoms with E-state index in [-0.39, 0.29) is 23.9 Å². The summed E-state index contributed by atoms with van der Waals surface area (Å²) in [6, 6.07) is 0.120. The summed E-state index contributed by atoms with van der Waals surface area (Å²) >= 11 is 2.95.